The zero-order valence-corrected chi connectivity index (χ0v) is 10.9. The van der Waals surface area contributed by atoms with E-state index in [0.29, 0.717) is 0 Å². The maximum Gasteiger partial charge on any atom is 0.268 e. The average molecular weight is 220 g/mol. The average Bonchev–Trinajstić information content (AvgIpc) is 2.38. The van der Waals surface area contributed by atoms with Gasteiger partial charge >= 0.3 is 0 Å². The molecule has 1 aliphatic rings. The monoisotopic (exact) mass is 220 g/mol. The van der Waals surface area contributed by atoms with Crippen LogP contribution in [0.2, 0.25) is 0 Å². The predicted octanol–water partition coefficient (Wildman–Crippen LogP) is 2.36. The summed E-state index contributed by atoms with van der Waals surface area (Å²) < 4.78 is 2.17. The minimum Gasteiger partial charge on any atom is -0.344 e. The van der Waals surface area contributed by atoms with Crippen molar-refractivity contribution in [3.63, 3.8) is 0 Å². The van der Waals surface area contributed by atoms with Gasteiger partial charge < -0.3 is 9.88 Å². The van der Waals surface area contributed by atoms with Gasteiger partial charge in [-0.1, -0.05) is 0 Å². The normalized spacial score (nSPS) is 21.5. The summed E-state index contributed by atoms with van der Waals surface area (Å²) in [6, 6.07) is 2.08. The number of hydrogen-bond donors (Lipinski definition) is 1. The Balaban J connectivity index is 2.77. The van der Waals surface area contributed by atoms with Gasteiger partial charge in [-0.05, 0) is 53.2 Å². The van der Waals surface area contributed by atoms with E-state index in [4.69, 9.17) is 0 Å². The van der Waals surface area contributed by atoms with E-state index >= 15 is 0 Å². The summed E-state index contributed by atoms with van der Waals surface area (Å²) in [4.78, 5) is 12.1. The van der Waals surface area contributed by atoms with Crippen LogP contribution in [-0.2, 0) is 5.54 Å². The van der Waals surface area contributed by atoms with Gasteiger partial charge in [0.1, 0.15) is 5.69 Å². The van der Waals surface area contributed by atoms with Gasteiger partial charge in [0.05, 0.1) is 11.1 Å². The van der Waals surface area contributed by atoms with E-state index in [1.165, 1.54) is 0 Å². The molecule has 0 atom stereocenters. The number of aryl methyl sites for hydroxylation is 2. The van der Waals surface area contributed by atoms with Crippen LogP contribution in [0.1, 0.15) is 49.4 Å². The van der Waals surface area contributed by atoms with Crippen molar-refractivity contribution in [1.29, 1.82) is 0 Å². The molecule has 2 heterocycles. The molecule has 1 N–H and O–H groups in total. The number of rotatable bonds is 0. The standard InChI is InChI=1S/C13H20N2O/c1-8-7-9(2)15-10(8)11(16)14-12(3,4)13(15,5)6/h7H,1-6H3,(H,14,16). The first-order chi connectivity index (χ1) is 7.18. The number of nitrogens with zero attached hydrogens (tertiary/aromatic N) is 1. The Kier molecular flexibility index (Phi) is 2.04. The lowest BCUT2D eigenvalue weighted by Crippen LogP contribution is -2.63. The molecular formula is C13H20N2O. The molecule has 1 aromatic rings. The van der Waals surface area contributed by atoms with E-state index in [0.717, 1.165) is 17.0 Å². The van der Waals surface area contributed by atoms with Crippen LogP contribution in [0.5, 0.6) is 0 Å². The number of fused-ring (bicyclic) bond motifs is 1. The van der Waals surface area contributed by atoms with Crippen LogP contribution in [0.25, 0.3) is 0 Å². The van der Waals surface area contributed by atoms with Crippen molar-refractivity contribution in [2.75, 3.05) is 0 Å². The second-order valence-electron chi connectivity index (χ2n) is 5.79. The molecule has 0 unspecified atom stereocenters. The third-order valence-corrected chi connectivity index (χ3v) is 4.10. The largest absolute Gasteiger partial charge is 0.344 e. The van der Waals surface area contributed by atoms with Crippen LogP contribution < -0.4 is 5.32 Å². The Bertz CT molecular complexity index is 467. The number of carbonyl (C=O) groups excluding carboxylic acids is 1. The number of nitrogens with one attached hydrogen (secondary N) is 1. The highest BCUT2D eigenvalue weighted by atomic mass is 16.2. The molecule has 3 heteroatoms. The van der Waals surface area contributed by atoms with Crippen LogP contribution in [0.15, 0.2) is 6.07 Å². The van der Waals surface area contributed by atoms with Crippen molar-refractivity contribution in [1.82, 2.24) is 9.88 Å². The van der Waals surface area contributed by atoms with E-state index in [-0.39, 0.29) is 17.0 Å². The Hall–Kier alpha value is -1.25. The van der Waals surface area contributed by atoms with Crippen molar-refractivity contribution in [3.8, 4) is 0 Å². The fraction of sp³-hybridized carbons (Fsp3) is 0.615. The highest BCUT2D eigenvalue weighted by Gasteiger charge is 2.46. The smallest absolute Gasteiger partial charge is 0.268 e. The number of aromatic nitrogens is 1. The zero-order chi connectivity index (χ0) is 12.3. The summed E-state index contributed by atoms with van der Waals surface area (Å²) in [5.74, 6) is 0.0370. The van der Waals surface area contributed by atoms with E-state index in [1.54, 1.807) is 0 Å². The fourth-order valence-electron chi connectivity index (χ4n) is 2.58. The SMILES string of the molecule is Cc1cc(C)n2c1C(=O)NC(C)(C)C2(C)C. The molecule has 0 spiro atoms. The van der Waals surface area contributed by atoms with Gasteiger partial charge in [-0.2, -0.15) is 0 Å². The van der Waals surface area contributed by atoms with Crippen LogP contribution in [0.4, 0.5) is 0 Å². The van der Waals surface area contributed by atoms with Crippen molar-refractivity contribution in [2.24, 2.45) is 0 Å². The fourth-order valence-corrected chi connectivity index (χ4v) is 2.58. The molecule has 2 rings (SSSR count). The minimum absolute atomic E-state index is 0.0370. The molecule has 0 bridgehead atoms. The molecule has 0 radical (unpaired) electrons. The van der Waals surface area contributed by atoms with Gasteiger partial charge in [-0.15, -0.1) is 0 Å². The lowest BCUT2D eigenvalue weighted by atomic mass is 9.80. The molecular weight excluding hydrogens is 200 g/mol. The van der Waals surface area contributed by atoms with Gasteiger partial charge in [0, 0.05) is 5.69 Å². The minimum atomic E-state index is -0.243. The molecule has 1 aliphatic heterocycles. The number of hydrogen-bond acceptors (Lipinski definition) is 1. The van der Waals surface area contributed by atoms with E-state index < -0.39 is 0 Å². The first-order valence-corrected chi connectivity index (χ1v) is 5.70. The van der Waals surface area contributed by atoms with E-state index in [1.807, 2.05) is 6.92 Å². The van der Waals surface area contributed by atoms with Gasteiger partial charge in [0.2, 0.25) is 0 Å². The van der Waals surface area contributed by atoms with Gasteiger partial charge in [-0.25, -0.2) is 0 Å². The third-order valence-electron chi connectivity index (χ3n) is 4.10. The summed E-state index contributed by atoms with van der Waals surface area (Å²) in [5, 5.41) is 3.10. The molecule has 88 valence electrons. The quantitative estimate of drug-likeness (QED) is 0.715. The maximum atomic E-state index is 12.1. The maximum absolute atomic E-state index is 12.1. The van der Waals surface area contributed by atoms with Crippen molar-refractivity contribution in [2.45, 2.75) is 52.6 Å². The molecule has 3 nitrogen and oxygen atoms in total. The molecule has 0 fully saturated rings. The van der Waals surface area contributed by atoms with Crippen molar-refractivity contribution in [3.05, 3.63) is 23.0 Å². The second kappa shape index (κ2) is 2.90. The summed E-state index contributed by atoms with van der Waals surface area (Å²) in [6.07, 6.45) is 0. The van der Waals surface area contributed by atoms with Gasteiger partial charge in [-0.3, -0.25) is 4.79 Å². The van der Waals surface area contributed by atoms with Crippen LogP contribution in [-0.4, -0.2) is 16.0 Å². The summed E-state index contributed by atoms with van der Waals surface area (Å²) in [7, 11) is 0. The molecule has 0 saturated heterocycles. The Morgan fingerprint density at radius 1 is 1.19 bits per heavy atom. The number of amides is 1. The number of carbonyl (C=O) groups is 1. The highest BCUT2D eigenvalue weighted by molar-refractivity contribution is 5.96. The highest BCUT2D eigenvalue weighted by Crippen LogP contribution is 2.37. The van der Waals surface area contributed by atoms with Crippen LogP contribution in [0.3, 0.4) is 0 Å². The van der Waals surface area contributed by atoms with Crippen LogP contribution >= 0.6 is 0 Å². The lowest BCUT2D eigenvalue weighted by molar-refractivity contribution is 0.0694. The summed E-state index contributed by atoms with van der Waals surface area (Å²) in [6.45, 7) is 12.5. The third kappa shape index (κ3) is 1.17. The molecule has 0 aromatic carbocycles. The molecule has 1 aromatic heterocycles. The van der Waals surface area contributed by atoms with Crippen molar-refractivity contribution >= 4 is 5.91 Å². The topological polar surface area (TPSA) is 34.0 Å². The van der Waals surface area contributed by atoms with Gasteiger partial charge in [0.25, 0.3) is 5.91 Å². The van der Waals surface area contributed by atoms with Crippen LogP contribution in [0, 0.1) is 13.8 Å². The first kappa shape index (κ1) is 11.2. The Morgan fingerprint density at radius 2 is 1.75 bits per heavy atom. The predicted molar refractivity (Wildman–Crippen MR) is 64.8 cm³/mol. The Morgan fingerprint density at radius 3 is 2.31 bits per heavy atom. The second-order valence-corrected chi connectivity index (χ2v) is 5.79. The van der Waals surface area contributed by atoms with Crippen molar-refractivity contribution < 1.29 is 4.79 Å². The molecule has 16 heavy (non-hydrogen) atoms. The zero-order valence-electron chi connectivity index (χ0n) is 10.9. The van der Waals surface area contributed by atoms with E-state index in [2.05, 4.69) is 50.6 Å². The Labute approximate surface area is 96.8 Å². The summed E-state index contributed by atoms with van der Waals surface area (Å²) in [5.41, 5.74) is 2.66. The first-order valence-electron chi connectivity index (χ1n) is 5.70. The lowest BCUT2D eigenvalue weighted by Gasteiger charge is -2.48. The molecule has 0 aliphatic carbocycles. The molecule has 1 amide bonds. The summed E-state index contributed by atoms with van der Waals surface area (Å²) >= 11 is 0. The van der Waals surface area contributed by atoms with E-state index in [9.17, 15) is 4.79 Å². The van der Waals surface area contributed by atoms with Gasteiger partial charge in [0.15, 0.2) is 0 Å². The molecule has 0 saturated carbocycles.